The van der Waals surface area contributed by atoms with Crippen molar-refractivity contribution >= 4 is 22.4 Å². The van der Waals surface area contributed by atoms with Crippen LogP contribution in [0.3, 0.4) is 0 Å². The molecule has 1 amide bonds. The van der Waals surface area contributed by atoms with Gasteiger partial charge in [-0.05, 0) is 37.2 Å². The molecule has 2 saturated carbocycles. The maximum atomic E-state index is 12.0. The molecular weight excluding hydrogens is 298 g/mol. The zero-order valence-corrected chi connectivity index (χ0v) is 13.4. The summed E-state index contributed by atoms with van der Waals surface area (Å²) in [5.41, 5.74) is 1.40. The average molecular weight is 317 g/mol. The average Bonchev–Trinajstić information content (AvgIpc) is 2.96. The van der Waals surface area contributed by atoms with Crippen LogP contribution in [0.2, 0.25) is 0 Å². The zero-order valence-electron chi connectivity index (χ0n) is 12.6. The van der Waals surface area contributed by atoms with Crippen molar-refractivity contribution in [3.05, 3.63) is 23.0 Å². The van der Waals surface area contributed by atoms with Crippen molar-refractivity contribution in [1.82, 2.24) is 20.0 Å². The molecule has 0 saturated heterocycles. The highest BCUT2D eigenvalue weighted by Crippen LogP contribution is 2.62. The molecule has 2 fully saturated rings. The number of nitrogens with zero attached hydrogens (tertiary/aromatic N) is 4. The lowest BCUT2D eigenvalue weighted by molar-refractivity contribution is -0.115. The predicted octanol–water partition coefficient (Wildman–Crippen LogP) is 2.50. The van der Waals surface area contributed by atoms with E-state index >= 15 is 0 Å². The van der Waals surface area contributed by atoms with Gasteiger partial charge in [-0.25, -0.2) is 0 Å². The van der Waals surface area contributed by atoms with Crippen LogP contribution in [0.5, 0.6) is 0 Å². The van der Waals surface area contributed by atoms with Crippen LogP contribution in [-0.4, -0.2) is 25.9 Å². The van der Waals surface area contributed by atoms with Crippen molar-refractivity contribution in [3.8, 4) is 0 Å². The summed E-state index contributed by atoms with van der Waals surface area (Å²) >= 11 is 1.52. The quantitative estimate of drug-likeness (QED) is 0.940. The van der Waals surface area contributed by atoms with E-state index in [1.54, 1.807) is 4.68 Å². The number of amides is 1. The first kappa shape index (κ1) is 13.9. The van der Waals surface area contributed by atoms with Crippen molar-refractivity contribution in [1.29, 1.82) is 0 Å². The molecule has 0 aromatic carbocycles. The molecule has 2 aliphatic rings. The van der Waals surface area contributed by atoms with Crippen LogP contribution in [0.25, 0.3) is 0 Å². The summed E-state index contributed by atoms with van der Waals surface area (Å²) in [6.07, 6.45) is 8.76. The van der Waals surface area contributed by atoms with Gasteiger partial charge in [0.2, 0.25) is 11.0 Å². The van der Waals surface area contributed by atoms with E-state index in [0.717, 1.165) is 10.7 Å². The summed E-state index contributed by atoms with van der Waals surface area (Å²) in [7, 11) is 1.84. The minimum Gasteiger partial charge on any atom is -0.300 e. The van der Waals surface area contributed by atoms with Crippen LogP contribution in [0.15, 0.2) is 12.3 Å². The molecule has 22 heavy (non-hydrogen) atoms. The number of hydrogen-bond acceptors (Lipinski definition) is 5. The summed E-state index contributed by atoms with van der Waals surface area (Å²) in [5, 5.41) is 17.1. The molecule has 1 spiro atoms. The number of hydrogen-bond donors (Lipinski definition) is 1. The summed E-state index contributed by atoms with van der Waals surface area (Å²) in [4.78, 5) is 12.0. The first-order valence-corrected chi connectivity index (χ1v) is 8.55. The Morgan fingerprint density at radius 1 is 1.45 bits per heavy atom. The van der Waals surface area contributed by atoms with Gasteiger partial charge in [0.05, 0.1) is 12.1 Å². The van der Waals surface area contributed by atoms with Gasteiger partial charge >= 0.3 is 0 Å². The van der Waals surface area contributed by atoms with E-state index in [1.165, 1.54) is 43.4 Å². The van der Waals surface area contributed by atoms with E-state index in [9.17, 15) is 4.79 Å². The topological polar surface area (TPSA) is 72.7 Å². The molecular formula is C15H19N5OS. The predicted molar refractivity (Wildman–Crippen MR) is 83.7 cm³/mol. The van der Waals surface area contributed by atoms with Gasteiger partial charge in [-0.15, -0.1) is 10.2 Å². The van der Waals surface area contributed by atoms with Crippen molar-refractivity contribution < 1.29 is 4.79 Å². The first-order chi connectivity index (χ1) is 10.6. The number of carbonyl (C=O) groups is 1. The Bertz CT molecular complexity index is 694. The summed E-state index contributed by atoms with van der Waals surface area (Å²) in [6.45, 7) is 0. The van der Waals surface area contributed by atoms with E-state index in [0.29, 0.717) is 16.5 Å². The third-order valence-corrected chi connectivity index (χ3v) is 5.92. The lowest BCUT2D eigenvalue weighted by atomic mass is 9.52. The summed E-state index contributed by atoms with van der Waals surface area (Å²) in [6, 6.07) is 1.84. The van der Waals surface area contributed by atoms with Crippen molar-refractivity contribution in [2.24, 2.45) is 12.5 Å². The van der Waals surface area contributed by atoms with Crippen LogP contribution < -0.4 is 5.32 Å². The fourth-order valence-electron chi connectivity index (χ4n) is 3.58. The monoisotopic (exact) mass is 317 g/mol. The number of aryl methyl sites for hydroxylation is 1. The maximum absolute atomic E-state index is 12.0. The SMILES string of the molecule is Cn1ccc(CC(=O)Nc2nnc(C3CC4(CCC4)C3)s2)n1. The largest absolute Gasteiger partial charge is 0.300 e. The Labute approximate surface area is 132 Å². The van der Waals surface area contributed by atoms with Crippen LogP contribution in [0, 0.1) is 5.41 Å². The molecule has 2 aromatic rings. The molecule has 116 valence electrons. The van der Waals surface area contributed by atoms with Crippen molar-refractivity contribution in [2.45, 2.75) is 44.4 Å². The smallest absolute Gasteiger partial charge is 0.232 e. The van der Waals surface area contributed by atoms with E-state index < -0.39 is 0 Å². The lowest BCUT2D eigenvalue weighted by Gasteiger charge is -2.53. The second-order valence-corrected chi connectivity index (χ2v) is 7.62. The second-order valence-electron chi connectivity index (χ2n) is 6.61. The van der Waals surface area contributed by atoms with E-state index in [1.807, 2.05) is 19.3 Å². The fourth-order valence-corrected chi connectivity index (χ4v) is 4.44. The van der Waals surface area contributed by atoms with Gasteiger partial charge in [-0.3, -0.25) is 9.48 Å². The minimum absolute atomic E-state index is 0.0922. The van der Waals surface area contributed by atoms with Crippen molar-refractivity contribution in [3.63, 3.8) is 0 Å². The summed E-state index contributed by atoms with van der Waals surface area (Å²) in [5.74, 6) is 0.463. The highest BCUT2D eigenvalue weighted by atomic mass is 32.1. The molecule has 6 nitrogen and oxygen atoms in total. The van der Waals surface area contributed by atoms with Gasteiger partial charge in [0.1, 0.15) is 5.01 Å². The fraction of sp³-hybridized carbons (Fsp3) is 0.600. The van der Waals surface area contributed by atoms with Crippen LogP contribution in [0.1, 0.15) is 48.7 Å². The number of aromatic nitrogens is 4. The Hall–Kier alpha value is -1.76. The van der Waals surface area contributed by atoms with Crippen LogP contribution in [0.4, 0.5) is 5.13 Å². The standard InChI is InChI=1S/C15H19N5OS/c1-20-6-3-11(19-20)7-12(21)16-14-18-17-13(22-14)10-8-15(9-10)4-2-5-15/h3,6,10H,2,4-5,7-9H2,1H3,(H,16,18,21). The Morgan fingerprint density at radius 2 is 2.27 bits per heavy atom. The molecule has 0 bridgehead atoms. The number of nitrogens with one attached hydrogen (secondary N) is 1. The maximum Gasteiger partial charge on any atom is 0.232 e. The third-order valence-electron chi connectivity index (χ3n) is 4.92. The Morgan fingerprint density at radius 3 is 2.91 bits per heavy atom. The molecule has 0 aliphatic heterocycles. The van der Waals surface area contributed by atoms with Gasteiger partial charge in [0, 0.05) is 19.2 Å². The van der Waals surface area contributed by atoms with Crippen LogP contribution in [-0.2, 0) is 18.3 Å². The van der Waals surface area contributed by atoms with Crippen molar-refractivity contribution in [2.75, 3.05) is 5.32 Å². The van der Waals surface area contributed by atoms with E-state index in [2.05, 4.69) is 20.6 Å². The van der Waals surface area contributed by atoms with Crippen LogP contribution >= 0.6 is 11.3 Å². The highest BCUT2D eigenvalue weighted by Gasteiger charge is 2.49. The van der Waals surface area contributed by atoms with E-state index in [4.69, 9.17) is 0 Å². The Balaban J connectivity index is 1.33. The molecule has 2 aromatic heterocycles. The number of carbonyl (C=O) groups excluding carboxylic acids is 1. The number of anilines is 1. The van der Waals surface area contributed by atoms with Gasteiger partial charge in [-0.1, -0.05) is 17.8 Å². The van der Waals surface area contributed by atoms with E-state index in [-0.39, 0.29) is 12.3 Å². The van der Waals surface area contributed by atoms with Gasteiger partial charge < -0.3 is 5.32 Å². The van der Waals surface area contributed by atoms with Gasteiger partial charge in [0.15, 0.2) is 0 Å². The second kappa shape index (κ2) is 5.15. The minimum atomic E-state index is -0.0922. The van der Waals surface area contributed by atoms with Gasteiger partial charge in [-0.2, -0.15) is 5.10 Å². The Kier molecular flexibility index (Phi) is 3.25. The molecule has 0 atom stereocenters. The lowest BCUT2D eigenvalue weighted by Crippen LogP contribution is -2.41. The first-order valence-electron chi connectivity index (χ1n) is 7.74. The molecule has 4 rings (SSSR count). The van der Waals surface area contributed by atoms with Gasteiger partial charge in [0.25, 0.3) is 0 Å². The zero-order chi connectivity index (χ0) is 15.2. The molecule has 2 heterocycles. The molecule has 1 N–H and O–H groups in total. The number of rotatable bonds is 4. The molecule has 0 unspecified atom stereocenters. The molecule has 7 heteroatoms. The highest BCUT2D eigenvalue weighted by molar-refractivity contribution is 7.15. The normalized spacial score (nSPS) is 19.7. The third kappa shape index (κ3) is 2.54. The summed E-state index contributed by atoms with van der Waals surface area (Å²) < 4.78 is 1.69. The molecule has 0 radical (unpaired) electrons. The molecule has 2 aliphatic carbocycles.